The predicted octanol–water partition coefficient (Wildman–Crippen LogP) is 10.4. The van der Waals surface area contributed by atoms with Crippen LogP contribution in [0, 0.1) is 6.92 Å². The molecule has 7 aromatic rings. The SMILES string of the molecule is Cc1cc(N(c2ccc(-c3ccccc3)cc2)c2ccc3ccc4c(O)c(N)ccc4c3c2)ccc1-c1ccccc1. The maximum Gasteiger partial charge on any atom is 0.146 e. The quantitative estimate of drug-likeness (QED) is 0.129. The maximum absolute atomic E-state index is 10.7. The average molecular weight is 543 g/mol. The van der Waals surface area contributed by atoms with Gasteiger partial charge >= 0.3 is 0 Å². The van der Waals surface area contributed by atoms with Gasteiger partial charge in [0.2, 0.25) is 0 Å². The van der Waals surface area contributed by atoms with Gasteiger partial charge < -0.3 is 15.7 Å². The van der Waals surface area contributed by atoms with Crippen LogP contribution in [0.3, 0.4) is 0 Å². The van der Waals surface area contributed by atoms with E-state index in [1.54, 1.807) is 6.07 Å². The van der Waals surface area contributed by atoms with Gasteiger partial charge in [0.05, 0.1) is 5.69 Å². The molecule has 0 amide bonds. The molecule has 0 aliphatic rings. The molecule has 42 heavy (non-hydrogen) atoms. The summed E-state index contributed by atoms with van der Waals surface area (Å²) in [6.45, 7) is 2.17. The number of benzene rings is 7. The van der Waals surface area contributed by atoms with Crippen LogP contribution in [0.25, 0.3) is 43.8 Å². The molecule has 0 aliphatic heterocycles. The molecule has 0 aliphatic carbocycles. The zero-order valence-electron chi connectivity index (χ0n) is 23.3. The molecule has 3 N–H and O–H groups in total. The van der Waals surface area contributed by atoms with E-state index in [2.05, 4.69) is 121 Å². The van der Waals surface area contributed by atoms with Gasteiger partial charge in [0.15, 0.2) is 0 Å². The number of nitrogen functional groups attached to an aromatic ring is 1. The standard InChI is InChI=1S/C39H30N2O/c1-26-24-32(19-21-34(26)29-10-6-3-7-11-29)41(31-16-12-28(13-17-31)27-8-4-2-5-9-27)33-18-14-30-15-20-36-35(37(30)25-33)22-23-38(40)39(36)42/h2-25,42H,40H2,1H3. The molecule has 0 atom stereocenters. The Morgan fingerprint density at radius 3 is 1.79 bits per heavy atom. The number of phenolic OH excluding ortho intramolecular Hbond substituents is 1. The number of anilines is 4. The Labute approximate surface area is 245 Å². The van der Waals surface area contributed by atoms with Crippen molar-refractivity contribution in [3.05, 3.63) is 151 Å². The molecule has 7 rings (SSSR count). The first-order valence-electron chi connectivity index (χ1n) is 14.1. The highest BCUT2D eigenvalue weighted by Crippen LogP contribution is 2.41. The van der Waals surface area contributed by atoms with Gasteiger partial charge in [-0.3, -0.25) is 0 Å². The van der Waals surface area contributed by atoms with Crippen molar-refractivity contribution in [3.63, 3.8) is 0 Å². The molecule has 0 aromatic heterocycles. The number of nitrogens with two attached hydrogens (primary N) is 1. The summed E-state index contributed by atoms with van der Waals surface area (Å²) >= 11 is 0. The number of nitrogens with zero attached hydrogens (tertiary/aromatic N) is 1. The van der Waals surface area contributed by atoms with E-state index in [1.165, 1.54) is 27.8 Å². The Bertz CT molecular complexity index is 2050. The van der Waals surface area contributed by atoms with Gasteiger partial charge in [-0.25, -0.2) is 0 Å². The molecule has 3 nitrogen and oxygen atoms in total. The highest BCUT2D eigenvalue weighted by molar-refractivity contribution is 6.11. The Balaban J connectivity index is 1.40. The highest BCUT2D eigenvalue weighted by Gasteiger charge is 2.16. The van der Waals surface area contributed by atoms with E-state index < -0.39 is 0 Å². The summed E-state index contributed by atoms with van der Waals surface area (Å²) in [6.07, 6.45) is 0. The van der Waals surface area contributed by atoms with Crippen molar-refractivity contribution >= 4 is 44.3 Å². The van der Waals surface area contributed by atoms with Crippen molar-refractivity contribution in [3.8, 4) is 28.0 Å². The van der Waals surface area contributed by atoms with E-state index in [9.17, 15) is 5.11 Å². The first-order chi connectivity index (χ1) is 20.6. The number of fused-ring (bicyclic) bond motifs is 3. The summed E-state index contributed by atoms with van der Waals surface area (Å²) in [5.41, 5.74) is 15.6. The molecule has 0 bridgehead atoms. The lowest BCUT2D eigenvalue weighted by Crippen LogP contribution is -2.10. The van der Waals surface area contributed by atoms with Crippen LogP contribution >= 0.6 is 0 Å². The van der Waals surface area contributed by atoms with Gasteiger partial charge in [0.25, 0.3) is 0 Å². The minimum absolute atomic E-state index is 0.125. The minimum atomic E-state index is 0.125. The summed E-state index contributed by atoms with van der Waals surface area (Å²) in [5.74, 6) is 0.125. The summed E-state index contributed by atoms with van der Waals surface area (Å²) in [7, 11) is 0. The van der Waals surface area contributed by atoms with Crippen LogP contribution in [0.2, 0.25) is 0 Å². The lowest BCUT2D eigenvalue weighted by atomic mass is 9.98. The summed E-state index contributed by atoms with van der Waals surface area (Å²) in [6, 6.07) is 50.6. The van der Waals surface area contributed by atoms with Crippen LogP contribution in [0.5, 0.6) is 5.75 Å². The van der Waals surface area contributed by atoms with E-state index >= 15 is 0 Å². The van der Waals surface area contributed by atoms with Crippen molar-refractivity contribution in [1.29, 1.82) is 0 Å². The molecule has 3 heteroatoms. The summed E-state index contributed by atoms with van der Waals surface area (Å²) in [4.78, 5) is 2.30. The van der Waals surface area contributed by atoms with Gasteiger partial charge in [-0.15, -0.1) is 0 Å². The third kappa shape index (κ3) is 4.51. The minimum Gasteiger partial charge on any atom is -0.505 e. The van der Waals surface area contributed by atoms with Gasteiger partial charge in [0, 0.05) is 22.4 Å². The number of aryl methyl sites for hydroxylation is 1. The van der Waals surface area contributed by atoms with Gasteiger partial charge in [0.1, 0.15) is 5.75 Å². The van der Waals surface area contributed by atoms with Crippen LogP contribution in [0.15, 0.2) is 146 Å². The molecule has 0 fully saturated rings. The van der Waals surface area contributed by atoms with Gasteiger partial charge in [-0.05, 0) is 99.4 Å². The molecule has 202 valence electrons. The maximum atomic E-state index is 10.7. The first kappa shape index (κ1) is 25.4. The zero-order chi connectivity index (χ0) is 28.6. The molecule has 0 heterocycles. The molecule has 7 aromatic carbocycles. The smallest absolute Gasteiger partial charge is 0.146 e. The Morgan fingerprint density at radius 1 is 0.500 bits per heavy atom. The monoisotopic (exact) mass is 542 g/mol. The second-order valence-corrected chi connectivity index (χ2v) is 10.7. The fourth-order valence-corrected chi connectivity index (χ4v) is 5.87. The Hall–Kier alpha value is -5.54. The number of aromatic hydroxyl groups is 1. The molecule has 0 spiro atoms. The van der Waals surface area contributed by atoms with Crippen LogP contribution in [0.1, 0.15) is 5.56 Å². The van der Waals surface area contributed by atoms with Crippen molar-refractivity contribution in [2.45, 2.75) is 6.92 Å². The van der Waals surface area contributed by atoms with Gasteiger partial charge in [-0.1, -0.05) is 97.1 Å². The van der Waals surface area contributed by atoms with Crippen molar-refractivity contribution in [1.82, 2.24) is 0 Å². The molecular weight excluding hydrogens is 512 g/mol. The fraction of sp³-hybridized carbons (Fsp3) is 0.0256. The molecule has 0 saturated heterocycles. The lowest BCUT2D eigenvalue weighted by Gasteiger charge is -2.27. The summed E-state index contributed by atoms with van der Waals surface area (Å²) < 4.78 is 0. The van der Waals surface area contributed by atoms with Crippen LogP contribution in [-0.4, -0.2) is 5.11 Å². The predicted molar refractivity (Wildman–Crippen MR) is 178 cm³/mol. The fourth-order valence-electron chi connectivity index (χ4n) is 5.87. The van der Waals surface area contributed by atoms with E-state index in [0.29, 0.717) is 5.69 Å². The van der Waals surface area contributed by atoms with Crippen LogP contribution in [-0.2, 0) is 0 Å². The Kier molecular flexibility index (Phi) is 6.33. The average Bonchev–Trinajstić information content (AvgIpc) is 3.04. The van der Waals surface area contributed by atoms with Crippen molar-refractivity contribution in [2.75, 3.05) is 10.6 Å². The number of phenols is 1. The largest absolute Gasteiger partial charge is 0.505 e. The highest BCUT2D eigenvalue weighted by atomic mass is 16.3. The Morgan fingerprint density at radius 2 is 1.07 bits per heavy atom. The van der Waals surface area contributed by atoms with Crippen molar-refractivity contribution in [2.24, 2.45) is 0 Å². The number of rotatable bonds is 5. The number of hydrogen-bond acceptors (Lipinski definition) is 3. The van der Waals surface area contributed by atoms with E-state index in [-0.39, 0.29) is 5.75 Å². The molecule has 0 unspecified atom stereocenters. The van der Waals surface area contributed by atoms with E-state index in [1.807, 2.05) is 30.3 Å². The molecular formula is C39H30N2O. The zero-order valence-corrected chi connectivity index (χ0v) is 23.3. The lowest BCUT2D eigenvalue weighted by molar-refractivity contribution is 0.484. The third-order valence-electron chi connectivity index (χ3n) is 8.05. The van der Waals surface area contributed by atoms with Crippen molar-refractivity contribution < 1.29 is 5.11 Å². The van der Waals surface area contributed by atoms with Gasteiger partial charge in [-0.2, -0.15) is 0 Å². The normalized spacial score (nSPS) is 11.2. The van der Waals surface area contributed by atoms with Crippen LogP contribution in [0.4, 0.5) is 22.7 Å². The molecule has 0 radical (unpaired) electrons. The van der Waals surface area contributed by atoms with E-state index in [4.69, 9.17) is 5.73 Å². The van der Waals surface area contributed by atoms with Crippen LogP contribution < -0.4 is 10.6 Å². The second kappa shape index (κ2) is 10.5. The third-order valence-corrected chi connectivity index (χ3v) is 8.05. The number of hydrogen-bond donors (Lipinski definition) is 2. The first-order valence-corrected chi connectivity index (χ1v) is 14.1. The molecule has 0 saturated carbocycles. The second-order valence-electron chi connectivity index (χ2n) is 10.7. The summed E-state index contributed by atoms with van der Waals surface area (Å²) in [5, 5.41) is 14.6. The van der Waals surface area contributed by atoms with E-state index in [0.717, 1.165) is 38.6 Å². The topological polar surface area (TPSA) is 49.5 Å².